The molecule has 2 amide bonds. The highest BCUT2D eigenvalue weighted by Crippen LogP contribution is 2.23. The zero-order valence-electron chi connectivity index (χ0n) is 10.3. The van der Waals surface area contributed by atoms with Crippen molar-refractivity contribution in [2.45, 2.75) is 25.9 Å². The average Bonchev–Trinajstić information content (AvgIpc) is 2.33. The zero-order chi connectivity index (χ0) is 14.4. The molecule has 4 nitrogen and oxygen atoms in total. The Hall–Kier alpha value is -1.21. The predicted molar refractivity (Wildman–Crippen MR) is 72.0 cm³/mol. The van der Waals surface area contributed by atoms with Crippen LogP contribution in [-0.4, -0.2) is 23.8 Å². The molecular formula is C12H15BrF2N2O2. The van der Waals surface area contributed by atoms with Crippen molar-refractivity contribution in [2.24, 2.45) is 0 Å². The van der Waals surface area contributed by atoms with Gasteiger partial charge < -0.3 is 15.7 Å². The molecule has 0 radical (unpaired) electrons. The maximum Gasteiger partial charge on any atom is 0.319 e. The summed E-state index contributed by atoms with van der Waals surface area (Å²) in [6.07, 6.45) is 0.468. The monoisotopic (exact) mass is 336 g/mol. The molecule has 0 saturated carbocycles. The Morgan fingerprint density at radius 1 is 1.42 bits per heavy atom. The number of hydrogen-bond acceptors (Lipinski definition) is 2. The number of aliphatic hydroxyl groups excluding tert-OH is 1. The van der Waals surface area contributed by atoms with Gasteiger partial charge in [0.05, 0.1) is 6.10 Å². The first-order chi connectivity index (χ1) is 8.93. The van der Waals surface area contributed by atoms with Gasteiger partial charge >= 0.3 is 6.03 Å². The highest BCUT2D eigenvalue weighted by molar-refractivity contribution is 9.10. The van der Waals surface area contributed by atoms with E-state index in [-0.39, 0.29) is 11.0 Å². The number of rotatable bonds is 5. The Morgan fingerprint density at radius 3 is 2.53 bits per heavy atom. The summed E-state index contributed by atoms with van der Waals surface area (Å²) in [5, 5.41) is 13.8. The normalized spacial score (nSPS) is 12.1. The minimum atomic E-state index is -0.865. The van der Waals surface area contributed by atoms with E-state index < -0.39 is 29.5 Å². The predicted octanol–water partition coefficient (Wildman–Crippen LogP) is 3.01. The van der Waals surface area contributed by atoms with Crippen LogP contribution in [0.1, 0.15) is 19.8 Å². The van der Waals surface area contributed by atoms with Crippen molar-refractivity contribution < 1.29 is 18.7 Å². The van der Waals surface area contributed by atoms with Crippen molar-refractivity contribution >= 4 is 27.6 Å². The maximum absolute atomic E-state index is 13.4. The minimum absolute atomic E-state index is 0.223. The molecule has 3 N–H and O–H groups in total. The van der Waals surface area contributed by atoms with Crippen LogP contribution in [0, 0.1) is 11.6 Å². The molecule has 0 aliphatic rings. The van der Waals surface area contributed by atoms with E-state index >= 15 is 0 Å². The van der Waals surface area contributed by atoms with Crippen LogP contribution in [0.3, 0.4) is 0 Å². The second-order valence-electron chi connectivity index (χ2n) is 3.98. The van der Waals surface area contributed by atoms with E-state index in [1.165, 1.54) is 0 Å². The van der Waals surface area contributed by atoms with Crippen LogP contribution in [0.4, 0.5) is 19.3 Å². The number of urea groups is 1. The third-order valence-electron chi connectivity index (χ3n) is 2.48. The SMILES string of the molecule is CCC(O)CCNC(=O)Nc1c(F)cc(Br)cc1F. The van der Waals surface area contributed by atoms with Gasteiger partial charge in [-0.3, -0.25) is 0 Å². The second-order valence-corrected chi connectivity index (χ2v) is 4.89. The summed E-state index contributed by atoms with van der Waals surface area (Å²) in [5.74, 6) is -1.73. The van der Waals surface area contributed by atoms with Crippen LogP contribution in [0.15, 0.2) is 16.6 Å². The Kier molecular flexibility index (Phi) is 6.17. The van der Waals surface area contributed by atoms with Crippen molar-refractivity contribution in [3.05, 3.63) is 28.2 Å². The second kappa shape index (κ2) is 7.40. The number of aliphatic hydroxyl groups is 1. The zero-order valence-corrected chi connectivity index (χ0v) is 11.9. The van der Waals surface area contributed by atoms with E-state index in [1.54, 1.807) is 0 Å². The van der Waals surface area contributed by atoms with E-state index in [1.807, 2.05) is 6.92 Å². The molecule has 0 heterocycles. The van der Waals surface area contributed by atoms with Crippen molar-refractivity contribution in [3.63, 3.8) is 0 Å². The largest absolute Gasteiger partial charge is 0.393 e. The first-order valence-corrected chi connectivity index (χ1v) is 6.60. The third-order valence-corrected chi connectivity index (χ3v) is 2.94. The molecule has 0 aliphatic heterocycles. The first-order valence-electron chi connectivity index (χ1n) is 5.81. The van der Waals surface area contributed by atoms with Crippen molar-refractivity contribution in [1.82, 2.24) is 5.32 Å². The number of nitrogens with one attached hydrogen (secondary N) is 2. The fraction of sp³-hybridized carbons (Fsp3) is 0.417. The van der Waals surface area contributed by atoms with Crippen LogP contribution < -0.4 is 10.6 Å². The van der Waals surface area contributed by atoms with Gasteiger partial charge in [-0.15, -0.1) is 0 Å². The highest BCUT2D eigenvalue weighted by Gasteiger charge is 2.13. The standard InChI is InChI=1S/C12H15BrF2N2O2/c1-2-8(18)3-4-16-12(19)17-11-9(14)5-7(13)6-10(11)15/h5-6,8,18H,2-4H2,1H3,(H2,16,17,19). The number of carbonyl (C=O) groups is 1. The van der Waals surface area contributed by atoms with Gasteiger partial charge in [0.15, 0.2) is 11.6 Å². The van der Waals surface area contributed by atoms with Gasteiger partial charge in [0.2, 0.25) is 0 Å². The number of amides is 2. The molecule has 1 unspecified atom stereocenters. The molecule has 1 rings (SSSR count). The van der Waals surface area contributed by atoms with E-state index in [4.69, 9.17) is 0 Å². The number of anilines is 1. The Labute approximate surface area is 118 Å². The van der Waals surface area contributed by atoms with Gasteiger partial charge in [0, 0.05) is 11.0 Å². The van der Waals surface area contributed by atoms with Gasteiger partial charge in [0.1, 0.15) is 5.69 Å². The molecule has 1 atom stereocenters. The summed E-state index contributed by atoms with van der Waals surface area (Å²) in [7, 11) is 0. The van der Waals surface area contributed by atoms with Crippen LogP contribution >= 0.6 is 15.9 Å². The number of carbonyl (C=O) groups excluding carboxylic acids is 1. The summed E-state index contributed by atoms with van der Waals surface area (Å²) in [4.78, 5) is 11.4. The Morgan fingerprint density at radius 2 is 2.00 bits per heavy atom. The number of benzene rings is 1. The highest BCUT2D eigenvalue weighted by atomic mass is 79.9. The molecule has 1 aromatic carbocycles. The summed E-state index contributed by atoms with van der Waals surface area (Å²) in [6.45, 7) is 2.04. The number of halogens is 3. The molecule has 0 aromatic heterocycles. The molecule has 0 bridgehead atoms. The average molecular weight is 337 g/mol. The molecule has 7 heteroatoms. The van der Waals surface area contributed by atoms with Crippen LogP contribution in [0.25, 0.3) is 0 Å². The van der Waals surface area contributed by atoms with Crippen molar-refractivity contribution in [3.8, 4) is 0 Å². The molecule has 0 fully saturated rings. The summed E-state index contributed by atoms with van der Waals surface area (Å²) in [5.41, 5.74) is -0.503. The van der Waals surface area contributed by atoms with E-state index in [0.29, 0.717) is 12.8 Å². The smallest absolute Gasteiger partial charge is 0.319 e. The lowest BCUT2D eigenvalue weighted by Gasteiger charge is -2.11. The van der Waals surface area contributed by atoms with E-state index in [0.717, 1.165) is 12.1 Å². The Balaban J connectivity index is 2.53. The van der Waals surface area contributed by atoms with Gasteiger partial charge in [0.25, 0.3) is 0 Å². The van der Waals surface area contributed by atoms with E-state index in [9.17, 15) is 18.7 Å². The molecule has 1 aromatic rings. The van der Waals surface area contributed by atoms with Gasteiger partial charge in [-0.05, 0) is 25.0 Å². The fourth-order valence-corrected chi connectivity index (χ4v) is 1.78. The lowest BCUT2D eigenvalue weighted by molar-refractivity contribution is 0.160. The topological polar surface area (TPSA) is 61.4 Å². The lowest BCUT2D eigenvalue weighted by Crippen LogP contribution is -2.31. The van der Waals surface area contributed by atoms with Crippen molar-refractivity contribution in [2.75, 3.05) is 11.9 Å². The first kappa shape index (κ1) is 15.8. The molecule has 0 spiro atoms. The molecular weight excluding hydrogens is 322 g/mol. The molecule has 19 heavy (non-hydrogen) atoms. The minimum Gasteiger partial charge on any atom is -0.393 e. The third kappa shape index (κ3) is 5.12. The maximum atomic E-state index is 13.4. The Bertz CT molecular complexity index is 434. The van der Waals surface area contributed by atoms with Crippen LogP contribution in [0.5, 0.6) is 0 Å². The fourth-order valence-electron chi connectivity index (χ4n) is 1.38. The molecule has 0 saturated heterocycles. The van der Waals surface area contributed by atoms with Gasteiger partial charge in [-0.25, -0.2) is 13.6 Å². The lowest BCUT2D eigenvalue weighted by atomic mass is 10.2. The summed E-state index contributed by atoms with van der Waals surface area (Å²) >= 11 is 2.94. The van der Waals surface area contributed by atoms with Gasteiger partial charge in [-0.1, -0.05) is 22.9 Å². The molecule has 0 aliphatic carbocycles. The van der Waals surface area contributed by atoms with Crippen LogP contribution in [0.2, 0.25) is 0 Å². The van der Waals surface area contributed by atoms with Gasteiger partial charge in [-0.2, -0.15) is 0 Å². The quantitative estimate of drug-likeness (QED) is 0.774. The summed E-state index contributed by atoms with van der Waals surface area (Å²) < 4.78 is 27.1. The number of hydrogen-bond donors (Lipinski definition) is 3. The summed E-state index contributed by atoms with van der Waals surface area (Å²) in [6, 6.07) is 1.39. The van der Waals surface area contributed by atoms with Crippen molar-refractivity contribution in [1.29, 1.82) is 0 Å². The molecule has 106 valence electrons. The van der Waals surface area contributed by atoms with Crippen LogP contribution in [-0.2, 0) is 0 Å². The van der Waals surface area contributed by atoms with E-state index in [2.05, 4.69) is 26.6 Å².